The van der Waals surface area contributed by atoms with Crippen LogP contribution >= 0.6 is 0 Å². The Hall–Kier alpha value is -1.71. The molecule has 0 radical (unpaired) electrons. The number of amides is 1. The van der Waals surface area contributed by atoms with E-state index in [1.165, 1.54) is 63.5 Å². The van der Waals surface area contributed by atoms with E-state index in [1.54, 1.807) is 12.1 Å². The summed E-state index contributed by atoms with van der Waals surface area (Å²) in [6.07, 6.45) is 12.2. The summed E-state index contributed by atoms with van der Waals surface area (Å²) in [4.78, 5) is 11.6. The molecular weight excluding hydrogens is 290 g/mol. The monoisotopic (exact) mass is 321 g/mol. The maximum Gasteiger partial charge on any atom is 0.411 e. The van der Waals surface area contributed by atoms with Gasteiger partial charge in [-0.1, -0.05) is 64.7 Å². The first-order chi connectivity index (χ1) is 11.2. The van der Waals surface area contributed by atoms with Gasteiger partial charge in [0.25, 0.3) is 0 Å². The van der Waals surface area contributed by atoms with Crippen molar-refractivity contribution in [2.45, 2.75) is 71.1 Å². The zero-order valence-electron chi connectivity index (χ0n) is 14.4. The minimum atomic E-state index is -0.438. The Bertz CT molecular complexity index is 417. The molecule has 0 fully saturated rings. The lowest BCUT2D eigenvalue weighted by Gasteiger charge is -2.07. The molecule has 0 atom stereocenters. The second-order valence-corrected chi connectivity index (χ2v) is 5.99. The number of aromatic hydroxyl groups is 1. The molecule has 4 nitrogen and oxygen atoms in total. The molecule has 0 aliphatic heterocycles. The van der Waals surface area contributed by atoms with Gasteiger partial charge in [-0.15, -0.1) is 0 Å². The first-order valence-electron chi connectivity index (χ1n) is 8.95. The summed E-state index contributed by atoms with van der Waals surface area (Å²) in [7, 11) is 0. The molecule has 0 aromatic heterocycles. The normalized spacial score (nSPS) is 10.5. The Morgan fingerprint density at radius 3 is 2.00 bits per heavy atom. The van der Waals surface area contributed by atoms with E-state index in [9.17, 15) is 4.79 Å². The highest BCUT2D eigenvalue weighted by atomic mass is 16.5. The predicted molar refractivity (Wildman–Crippen MR) is 94.9 cm³/mol. The largest absolute Gasteiger partial charge is 0.508 e. The molecule has 0 saturated carbocycles. The zero-order valence-corrected chi connectivity index (χ0v) is 14.4. The molecule has 0 spiro atoms. The number of phenolic OH excluding ortho intramolecular Hbond substituents is 1. The van der Waals surface area contributed by atoms with Crippen LogP contribution in [0.2, 0.25) is 0 Å². The number of hydrogen-bond acceptors (Lipinski definition) is 3. The smallest absolute Gasteiger partial charge is 0.411 e. The number of hydrogen-bond donors (Lipinski definition) is 2. The molecule has 0 saturated heterocycles. The summed E-state index contributed by atoms with van der Waals surface area (Å²) in [5.74, 6) is 0.175. The van der Waals surface area contributed by atoms with Crippen LogP contribution in [0.5, 0.6) is 5.75 Å². The van der Waals surface area contributed by atoms with Gasteiger partial charge in [0.2, 0.25) is 0 Å². The third-order valence-corrected chi connectivity index (χ3v) is 3.84. The number of anilines is 1. The van der Waals surface area contributed by atoms with Crippen molar-refractivity contribution in [2.75, 3.05) is 11.9 Å². The van der Waals surface area contributed by atoms with Gasteiger partial charge >= 0.3 is 6.09 Å². The second kappa shape index (κ2) is 12.8. The molecule has 2 N–H and O–H groups in total. The van der Waals surface area contributed by atoms with Crippen LogP contribution < -0.4 is 5.32 Å². The van der Waals surface area contributed by atoms with Gasteiger partial charge in [-0.2, -0.15) is 0 Å². The molecule has 130 valence electrons. The average Bonchev–Trinajstić information content (AvgIpc) is 2.55. The van der Waals surface area contributed by atoms with E-state index in [4.69, 9.17) is 9.84 Å². The Kier molecular flexibility index (Phi) is 10.8. The number of benzene rings is 1. The van der Waals surface area contributed by atoms with Crippen molar-refractivity contribution < 1.29 is 14.6 Å². The van der Waals surface area contributed by atoms with Crippen LogP contribution in [0.25, 0.3) is 0 Å². The fourth-order valence-electron chi connectivity index (χ4n) is 2.45. The van der Waals surface area contributed by atoms with Gasteiger partial charge in [0.15, 0.2) is 0 Å². The summed E-state index contributed by atoms with van der Waals surface area (Å²) in [6.45, 7) is 2.70. The van der Waals surface area contributed by atoms with Crippen molar-refractivity contribution in [1.82, 2.24) is 0 Å². The van der Waals surface area contributed by atoms with Crippen LogP contribution in [0, 0.1) is 0 Å². The van der Waals surface area contributed by atoms with Crippen molar-refractivity contribution in [3.8, 4) is 5.75 Å². The van der Waals surface area contributed by atoms with E-state index in [1.807, 2.05) is 0 Å². The maximum absolute atomic E-state index is 11.6. The van der Waals surface area contributed by atoms with E-state index < -0.39 is 6.09 Å². The Labute approximate surface area is 140 Å². The number of carbonyl (C=O) groups is 1. The van der Waals surface area contributed by atoms with Crippen molar-refractivity contribution in [1.29, 1.82) is 0 Å². The number of phenols is 1. The summed E-state index contributed by atoms with van der Waals surface area (Å²) in [5, 5.41) is 11.8. The van der Waals surface area contributed by atoms with Gasteiger partial charge in [0.1, 0.15) is 5.75 Å². The maximum atomic E-state index is 11.6. The first kappa shape index (κ1) is 19.3. The third-order valence-electron chi connectivity index (χ3n) is 3.84. The molecule has 0 bridgehead atoms. The fraction of sp³-hybridized carbons (Fsp3) is 0.632. The van der Waals surface area contributed by atoms with Crippen LogP contribution in [0.1, 0.15) is 71.1 Å². The van der Waals surface area contributed by atoms with E-state index >= 15 is 0 Å². The summed E-state index contributed by atoms with van der Waals surface area (Å²) >= 11 is 0. The van der Waals surface area contributed by atoms with E-state index in [2.05, 4.69) is 12.2 Å². The number of rotatable bonds is 12. The van der Waals surface area contributed by atoms with Crippen LogP contribution in [-0.2, 0) is 4.74 Å². The lowest BCUT2D eigenvalue weighted by molar-refractivity contribution is 0.159. The van der Waals surface area contributed by atoms with Crippen molar-refractivity contribution >= 4 is 11.8 Å². The van der Waals surface area contributed by atoms with E-state index in [0.717, 1.165) is 12.8 Å². The van der Waals surface area contributed by atoms with Crippen LogP contribution in [0.4, 0.5) is 10.5 Å². The molecule has 1 aromatic rings. The highest BCUT2D eigenvalue weighted by Gasteiger charge is 2.02. The van der Waals surface area contributed by atoms with E-state index in [-0.39, 0.29) is 5.75 Å². The highest BCUT2D eigenvalue weighted by molar-refractivity contribution is 5.84. The molecule has 1 aromatic carbocycles. The number of nitrogens with one attached hydrogen (secondary N) is 1. The van der Waals surface area contributed by atoms with E-state index in [0.29, 0.717) is 12.3 Å². The number of unbranched alkanes of at least 4 members (excludes halogenated alkanes) is 9. The Morgan fingerprint density at radius 1 is 0.913 bits per heavy atom. The van der Waals surface area contributed by atoms with Crippen molar-refractivity contribution in [3.63, 3.8) is 0 Å². The third kappa shape index (κ3) is 10.6. The number of ether oxygens (including phenoxy) is 1. The van der Waals surface area contributed by atoms with Gasteiger partial charge in [-0.3, -0.25) is 5.32 Å². The molecule has 23 heavy (non-hydrogen) atoms. The average molecular weight is 321 g/mol. The highest BCUT2D eigenvalue weighted by Crippen LogP contribution is 2.14. The molecule has 1 rings (SSSR count). The van der Waals surface area contributed by atoms with Crippen LogP contribution in [-0.4, -0.2) is 17.8 Å². The summed E-state index contributed by atoms with van der Waals surface area (Å²) in [6, 6.07) is 6.32. The first-order valence-corrected chi connectivity index (χ1v) is 8.95. The van der Waals surface area contributed by atoms with Crippen LogP contribution in [0.15, 0.2) is 24.3 Å². The SMILES string of the molecule is CCCCCCCCCCCCOC(=O)Nc1ccc(O)cc1. The molecule has 1 amide bonds. The zero-order chi connectivity index (χ0) is 16.8. The molecule has 4 heteroatoms. The van der Waals surface area contributed by atoms with Gasteiger partial charge < -0.3 is 9.84 Å². The van der Waals surface area contributed by atoms with Crippen LogP contribution in [0.3, 0.4) is 0 Å². The quantitative estimate of drug-likeness (QED) is 0.374. The van der Waals surface area contributed by atoms with Crippen molar-refractivity contribution in [3.05, 3.63) is 24.3 Å². The molecule has 0 aliphatic rings. The Morgan fingerprint density at radius 2 is 1.43 bits per heavy atom. The van der Waals surface area contributed by atoms with Gasteiger partial charge in [0.05, 0.1) is 6.61 Å². The van der Waals surface area contributed by atoms with Gasteiger partial charge in [0, 0.05) is 5.69 Å². The summed E-state index contributed by atoms with van der Waals surface area (Å²) < 4.78 is 5.14. The molecular formula is C19H31NO3. The second-order valence-electron chi connectivity index (χ2n) is 5.99. The molecule has 0 unspecified atom stereocenters. The number of carbonyl (C=O) groups excluding carboxylic acids is 1. The molecule has 0 aliphatic carbocycles. The Balaban J connectivity index is 1.90. The predicted octanol–water partition coefficient (Wildman–Crippen LogP) is 5.86. The summed E-state index contributed by atoms with van der Waals surface area (Å²) in [5.41, 5.74) is 0.621. The lowest BCUT2D eigenvalue weighted by atomic mass is 10.1. The van der Waals surface area contributed by atoms with Crippen molar-refractivity contribution in [2.24, 2.45) is 0 Å². The topological polar surface area (TPSA) is 58.6 Å². The minimum Gasteiger partial charge on any atom is -0.508 e. The fourth-order valence-corrected chi connectivity index (χ4v) is 2.45. The molecule has 0 heterocycles. The van der Waals surface area contributed by atoms with Gasteiger partial charge in [-0.05, 0) is 30.7 Å². The minimum absolute atomic E-state index is 0.175. The standard InChI is InChI=1S/C19H31NO3/c1-2-3-4-5-6-7-8-9-10-11-16-23-19(22)20-17-12-14-18(21)15-13-17/h12-15,21H,2-11,16H2,1H3,(H,20,22). The van der Waals surface area contributed by atoms with Gasteiger partial charge in [-0.25, -0.2) is 4.79 Å². The lowest BCUT2D eigenvalue weighted by Crippen LogP contribution is -2.14.